The third-order valence-electron chi connectivity index (χ3n) is 3.38. The molecule has 1 fully saturated rings. The van der Waals surface area contributed by atoms with E-state index < -0.39 is 0 Å². The van der Waals surface area contributed by atoms with Crippen LogP contribution in [0.2, 0.25) is 0 Å². The predicted octanol–water partition coefficient (Wildman–Crippen LogP) is 1.70. The molecule has 0 aromatic heterocycles. The summed E-state index contributed by atoms with van der Waals surface area (Å²) in [5.74, 6) is 2.95. The molecule has 3 nitrogen and oxygen atoms in total. The molecule has 3 heteroatoms. The Hall–Kier alpha value is -0.730. The van der Waals surface area contributed by atoms with Gasteiger partial charge in [-0.25, -0.2) is 0 Å². The summed E-state index contributed by atoms with van der Waals surface area (Å²) in [6, 6.07) is 0. The maximum absolute atomic E-state index is 4.48. The fourth-order valence-corrected chi connectivity index (χ4v) is 2.64. The van der Waals surface area contributed by atoms with Gasteiger partial charge < -0.3 is 10.2 Å². The minimum Gasteiger partial charge on any atom is -0.354 e. The van der Waals surface area contributed by atoms with Crippen molar-refractivity contribution in [1.29, 1.82) is 0 Å². The molecule has 0 aliphatic carbocycles. The van der Waals surface area contributed by atoms with E-state index in [4.69, 9.17) is 0 Å². The van der Waals surface area contributed by atoms with Crippen molar-refractivity contribution in [3.05, 3.63) is 0 Å². The first-order valence-electron chi connectivity index (χ1n) is 6.29. The lowest BCUT2D eigenvalue weighted by Gasteiger charge is -2.33. The SMILES string of the molecule is CC(C)CC1CCN(C2=NCCN2)CC1. The molecule has 1 saturated heterocycles. The second-order valence-electron chi connectivity index (χ2n) is 5.19. The quantitative estimate of drug-likeness (QED) is 0.749. The molecule has 0 radical (unpaired) electrons. The number of nitrogens with zero attached hydrogens (tertiary/aromatic N) is 2. The van der Waals surface area contributed by atoms with E-state index in [-0.39, 0.29) is 0 Å². The van der Waals surface area contributed by atoms with Crippen LogP contribution in [-0.4, -0.2) is 37.0 Å². The first-order chi connectivity index (χ1) is 7.25. The number of aliphatic imine (C=N–C) groups is 1. The Bertz CT molecular complexity index is 227. The molecule has 0 aromatic carbocycles. The predicted molar refractivity (Wildman–Crippen MR) is 64.1 cm³/mol. The molecular weight excluding hydrogens is 186 g/mol. The van der Waals surface area contributed by atoms with E-state index in [9.17, 15) is 0 Å². The second kappa shape index (κ2) is 4.86. The van der Waals surface area contributed by atoms with Crippen molar-refractivity contribution in [2.45, 2.75) is 33.1 Å². The Balaban J connectivity index is 1.76. The van der Waals surface area contributed by atoms with Crippen molar-refractivity contribution in [2.24, 2.45) is 16.8 Å². The maximum atomic E-state index is 4.48. The Morgan fingerprint density at radius 1 is 1.40 bits per heavy atom. The Labute approximate surface area is 92.9 Å². The van der Waals surface area contributed by atoms with Crippen LogP contribution in [0, 0.1) is 11.8 Å². The van der Waals surface area contributed by atoms with Gasteiger partial charge in [0.05, 0.1) is 6.54 Å². The fourth-order valence-electron chi connectivity index (χ4n) is 2.64. The molecule has 0 spiro atoms. The van der Waals surface area contributed by atoms with E-state index in [2.05, 4.69) is 29.1 Å². The fraction of sp³-hybridized carbons (Fsp3) is 0.917. The van der Waals surface area contributed by atoms with Crippen LogP contribution >= 0.6 is 0 Å². The number of piperidine rings is 1. The van der Waals surface area contributed by atoms with Gasteiger partial charge >= 0.3 is 0 Å². The Kier molecular flexibility index (Phi) is 3.49. The van der Waals surface area contributed by atoms with Crippen LogP contribution in [0.4, 0.5) is 0 Å². The number of likely N-dealkylation sites (tertiary alicyclic amines) is 1. The molecule has 0 saturated carbocycles. The zero-order chi connectivity index (χ0) is 10.7. The molecule has 1 N–H and O–H groups in total. The van der Waals surface area contributed by atoms with Crippen LogP contribution < -0.4 is 5.32 Å². The molecule has 0 unspecified atom stereocenters. The highest BCUT2D eigenvalue weighted by atomic mass is 15.3. The molecule has 2 aliphatic heterocycles. The van der Waals surface area contributed by atoms with Crippen LogP contribution in [0.25, 0.3) is 0 Å². The largest absolute Gasteiger partial charge is 0.354 e. The molecule has 86 valence electrons. The second-order valence-corrected chi connectivity index (χ2v) is 5.19. The average Bonchev–Trinajstić information content (AvgIpc) is 2.71. The number of guanidine groups is 1. The number of hydrogen-bond acceptors (Lipinski definition) is 3. The van der Waals surface area contributed by atoms with Crippen molar-refractivity contribution in [2.75, 3.05) is 26.2 Å². The smallest absolute Gasteiger partial charge is 0.194 e. The summed E-state index contributed by atoms with van der Waals surface area (Å²) in [6.45, 7) is 9.04. The van der Waals surface area contributed by atoms with E-state index in [1.165, 1.54) is 32.4 Å². The van der Waals surface area contributed by atoms with Crippen LogP contribution in [0.5, 0.6) is 0 Å². The average molecular weight is 209 g/mol. The van der Waals surface area contributed by atoms with Crippen LogP contribution in [0.1, 0.15) is 33.1 Å². The first-order valence-corrected chi connectivity index (χ1v) is 6.29. The Morgan fingerprint density at radius 2 is 2.13 bits per heavy atom. The van der Waals surface area contributed by atoms with Gasteiger partial charge in [-0.3, -0.25) is 4.99 Å². The van der Waals surface area contributed by atoms with Crippen LogP contribution in [0.3, 0.4) is 0 Å². The lowest BCUT2D eigenvalue weighted by molar-refractivity contribution is 0.236. The summed E-state index contributed by atoms with van der Waals surface area (Å²) in [6.07, 6.45) is 4.09. The highest BCUT2D eigenvalue weighted by molar-refractivity contribution is 5.81. The van der Waals surface area contributed by atoms with Crippen molar-refractivity contribution in [3.8, 4) is 0 Å². The number of nitrogens with one attached hydrogen (secondary N) is 1. The minimum atomic E-state index is 0.850. The molecule has 0 bridgehead atoms. The summed E-state index contributed by atoms with van der Waals surface area (Å²) < 4.78 is 0. The van der Waals surface area contributed by atoms with Crippen molar-refractivity contribution < 1.29 is 0 Å². The number of hydrogen-bond donors (Lipinski definition) is 1. The van der Waals surface area contributed by atoms with E-state index >= 15 is 0 Å². The Morgan fingerprint density at radius 3 is 2.67 bits per heavy atom. The lowest BCUT2D eigenvalue weighted by atomic mass is 9.89. The summed E-state index contributed by atoms with van der Waals surface area (Å²) in [7, 11) is 0. The van der Waals surface area contributed by atoms with Gasteiger partial charge in [-0.05, 0) is 31.1 Å². The zero-order valence-electron chi connectivity index (χ0n) is 10.00. The highest BCUT2D eigenvalue weighted by Gasteiger charge is 2.22. The summed E-state index contributed by atoms with van der Waals surface area (Å²) in [5.41, 5.74) is 0. The van der Waals surface area contributed by atoms with Gasteiger partial charge in [-0.2, -0.15) is 0 Å². The van der Waals surface area contributed by atoms with Crippen LogP contribution in [0.15, 0.2) is 4.99 Å². The molecule has 2 rings (SSSR count). The first kappa shape index (κ1) is 10.8. The van der Waals surface area contributed by atoms with E-state index in [1.54, 1.807) is 0 Å². The molecule has 0 aromatic rings. The summed E-state index contributed by atoms with van der Waals surface area (Å²) in [4.78, 5) is 6.90. The van der Waals surface area contributed by atoms with Gasteiger partial charge in [0.15, 0.2) is 5.96 Å². The van der Waals surface area contributed by atoms with Gasteiger partial charge in [0, 0.05) is 19.6 Å². The standard InChI is InChI=1S/C12H23N3/c1-10(2)9-11-3-7-15(8-4-11)12-13-5-6-14-12/h10-11H,3-9H2,1-2H3,(H,13,14). The van der Waals surface area contributed by atoms with Gasteiger partial charge in [-0.1, -0.05) is 13.8 Å². The number of rotatable bonds is 2. The molecular formula is C12H23N3. The van der Waals surface area contributed by atoms with E-state index in [0.29, 0.717) is 0 Å². The van der Waals surface area contributed by atoms with Crippen molar-refractivity contribution in [1.82, 2.24) is 10.2 Å². The van der Waals surface area contributed by atoms with Gasteiger partial charge in [0.25, 0.3) is 0 Å². The molecule has 0 amide bonds. The zero-order valence-corrected chi connectivity index (χ0v) is 10.00. The molecule has 0 atom stereocenters. The van der Waals surface area contributed by atoms with Crippen LogP contribution in [-0.2, 0) is 0 Å². The highest BCUT2D eigenvalue weighted by Crippen LogP contribution is 2.24. The topological polar surface area (TPSA) is 27.6 Å². The molecule has 2 heterocycles. The molecule has 15 heavy (non-hydrogen) atoms. The summed E-state index contributed by atoms with van der Waals surface area (Å²) >= 11 is 0. The van der Waals surface area contributed by atoms with Gasteiger partial charge in [0.1, 0.15) is 0 Å². The minimum absolute atomic E-state index is 0.850. The third-order valence-corrected chi connectivity index (χ3v) is 3.38. The van der Waals surface area contributed by atoms with Gasteiger partial charge in [0.2, 0.25) is 0 Å². The monoisotopic (exact) mass is 209 g/mol. The van der Waals surface area contributed by atoms with Crippen molar-refractivity contribution in [3.63, 3.8) is 0 Å². The van der Waals surface area contributed by atoms with E-state index in [1.807, 2.05) is 0 Å². The van der Waals surface area contributed by atoms with Gasteiger partial charge in [-0.15, -0.1) is 0 Å². The normalized spacial score (nSPS) is 23.1. The lowest BCUT2D eigenvalue weighted by Crippen LogP contribution is -2.43. The summed E-state index contributed by atoms with van der Waals surface area (Å²) in [5, 5.41) is 3.36. The van der Waals surface area contributed by atoms with E-state index in [0.717, 1.165) is 30.9 Å². The maximum Gasteiger partial charge on any atom is 0.194 e. The third kappa shape index (κ3) is 2.86. The molecule has 2 aliphatic rings. The van der Waals surface area contributed by atoms with Crippen molar-refractivity contribution >= 4 is 5.96 Å².